The van der Waals surface area contributed by atoms with Gasteiger partial charge in [0.15, 0.2) is 0 Å². The zero-order valence-corrected chi connectivity index (χ0v) is 83.4. The van der Waals surface area contributed by atoms with Crippen molar-refractivity contribution in [3.05, 3.63) is 128 Å². The lowest BCUT2D eigenvalue weighted by molar-refractivity contribution is 0.0733. The van der Waals surface area contributed by atoms with E-state index in [0.717, 1.165) is 129 Å². The number of nitrogens with zero attached hydrogens (tertiary/aromatic N) is 21. The fourth-order valence-corrected chi connectivity index (χ4v) is 19.2. The Morgan fingerprint density at radius 3 is 0.457 bits per heavy atom. The Balaban J connectivity index is 0.000000746. The first-order chi connectivity index (χ1) is 57.3. The number of rotatable bonds is 17. The van der Waals surface area contributed by atoms with E-state index >= 15 is 0 Å². The summed E-state index contributed by atoms with van der Waals surface area (Å²) in [7, 11) is 0. The first-order valence-electron chi connectivity index (χ1n) is 48.5. The van der Waals surface area contributed by atoms with Crippen LogP contribution in [0, 0.1) is 69.1 Å². The molecule has 746 valence electrons. The number of aromatic nitrogens is 14. The second-order valence-corrected chi connectivity index (χ2v) is 45.0. The molecule has 14 heterocycles. The molecule has 0 aromatic carbocycles. The molecular formula is C108H209N21. The SMILES string of the molecule is C.C.C.C.C.C.C.CCc1cn(C[C@@H]2CCCN(C(C)(C)C)C2)cn1.CCc1cn(C[C@H]2CCCN(C(C)(C)C)C2)cn1.CCc1cn(C[C@H]2CCCN(C(C)(C)C)C2)cn1.Cc1cn(C[C@@H]2CCCN(C(C)(C)C)C2)cn1.Cc1cn(C[C@@H]2CCCN(C(C)(C)C)C2)cn1.Cc1cn(C[C@H]2CCCN(C(C)(C)C)C2)cn1.Cc1cn(C[C@H]2CCCN(C(C)(C)C)C2)cn1. The molecule has 129 heavy (non-hydrogen) atoms. The maximum absolute atomic E-state index is 4.42. The van der Waals surface area contributed by atoms with E-state index in [0.29, 0.717) is 38.8 Å². The van der Waals surface area contributed by atoms with Crippen LogP contribution in [0.3, 0.4) is 0 Å². The van der Waals surface area contributed by atoms with Crippen LogP contribution in [-0.2, 0) is 65.1 Å². The van der Waals surface area contributed by atoms with Crippen molar-refractivity contribution in [3.63, 3.8) is 0 Å². The van der Waals surface area contributed by atoms with Gasteiger partial charge in [0.05, 0.1) is 84.1 Å². The van der Waals surface area contributed by atoms with Gasteiger partial charge in [-0.15, -0.1) is 0 Å². The van der Waals surface area contributed by atoms with Gasteiger partial charge in [-0.2, -0.15) is 0 Å². The van der Waals surface area contributed by atoms with Crippen molar-refractivity contribution in [1.29, 1.82) is 0 Å². The normalized spacial score (nSPS) is 21.4. The summed E-state index contributed by atoms with van der Waals surface area (Å²) >= 11 is 0. The summed E-state index contributed by atoms with van der Waals surface area (Å²) in [6, 6.07) is 0. The fourth-order valence-electron chi connectivity index (χ4n) is 19.2. The highest BCUT2D eigenvalue weighted by molar-refractivity contribution is 5.02. The van der Waals surface area contributed by atoms with Gasteiger partial charge in [0.25, 0.3) is 0 Å². The van der Waals surface area contributed by atoms with E-state index in [4.69, 9.17) is 0 Å². The van der Waals surface area contributed by atoms with Crippen molar-refractivity contribution in [1.82, 2.24) is 101 Å². The molecule has 0 amide bonds. The van der Waals surface area contributed by atoms with Crippen molar-refractivity contribution in [2.45, 2.75) is 440 Å². The third-order valence-electron chi connectivity index (χ3n) is 26.8. The Kier molecular flexibility index (Phi) is 52.5. The molecular weight excluding hydrogens is 1590 g/mol. The van der Waals surface area contributed by atoms with E-state index < -0.39 is 0 Å². The number of hydrogen-bond donors (Lipinski definition) is 0. The Morgan fingerprint density at radius 2 is 0.349 bits per heavy atom. The molecule has 7 aliphatic heterocycles. The van der Waals surface area contributed by atoms with Crippen LogP contribution in [0.15, 0.2) is 87.7 Å². The maximum atomic E-state index is 4.42. The predicted molar refractivity (Wildman–Crippen MR) is 558 cm³/mol. The molecule has 7 aromatic heterocycles. The predicted octanol–water partition coefficient (Wildman–Crippen LogP) is 24.1. The average molecular weight is 1800 g/mol. The summed E-state index contributed by atoms with van der Waals surface area (Å²) in [6.45, 7) is 88.6. The molecule has 0 saturated carbocycles. The number of aryl methyl sites for hydroxylation is 7. The minimum Gasteiger partial charge on any atom is -0.337 e. The lowest BCUT2D eigenvalue weighted by Crippen LogP contribution is -2.47. The molecule has 0 aliphatic carbocycles. The van der Waals surface area contributed by atoms with E-state index in [9.17, 15) is 0 Å². The van der Waals surface area contributed by atoms with Crippen LogP contribution in [0.25, 0.3) is 0 Å². The van der Waals surface area contributed by atoms with Gasteiger partial charge in [0.1, 0.15) is 0 Å². The molecule has 0 radical (unpaired) electrons. The van der Waals surface area contributed by atoms with Crippen LogP contribution in [0.2, 0.25) is 0 Å². The highest BCUT2D eigenvalue weighted by atomic mass is 15.2. The van der Waals surface area contributed by atoms with E-state index in [2.05, 4.69) is 338 Å². The van der Waals surface area contributed by atoms with Crippen LogP contribution in [0.5, 0.6) is 0 Å². The third-order valence-corrected chi connectivity index (χ3v) is 26.8. The van der Waals surface area contributed by atoms with Gasteiger partial charge in [0, 0.05) is 174 Å². The zero-order chi connectivity index (χ0) is 89.4. The molecule has 21 nitrogen and oxygen atoms in total. The second kappa shape index (κ2) is 55.9. The minimum atomic E-state index is 0. The molecule has 0 unspecified atom stereocenters. The number of likely N-dealkylation sites (tertiary alicyclic amines) is 7. The minimum absolute atomic E-state index is 0. The smallest absolute Gasteiger partial charge is 0.0949 e. The van der Waals surface area contributed by atoms with Gasteiger partial charge in [-0.05, 0) is 369 Å². The summed E-state index contributed by atoms with van der Waals surface area (Å²) < 4.78 is 15.8. The lowest BCUT2D eigenvalue weighted by Gasteiger charge is -2.41. The van der Waals surface area contributed by atoms with Crippen LogP contribution in [0.4, 0.5) is 0 Å². The summed E-state index contributed by atoms with van der Waals surface area (Å²) in [5.41, 5.74) is 10.3. The highest BCUT2D eigenvalue weighted by Crippen LogP contribution is 2.32. The van der Waals surface area contributed by atoms with Crippen molar-refractivity contribution in [2.75, 3.05) is 91.6 Å². The average Bonchev–Trinajstić information content (AvgIpc) is 1.86. The van der Waals surface area contributed by atoms with Gasteiger partial charge in [-0.1, -0.05) is 72.8 Å². The van der Waals surface area contributed by atoms with Crippen molar-refractivity contribution in [2.24, 2.45) is 41.4 Å². The second-order valence-electron chi connectivity index (χ2n) is 45.0. The Morgan fingerprint density at radius 1 is 0.217 bits per heavy atom. The van der Waals surface area contributed by atoms with Gasteiger partial charge >= 0.3 is 0 Å². The maximum Gasteiger partial charge on any atom is 0.0949 e. The molecule has 14 rings (SSSR count). The van der Waals surface area contributed by atoms with Crippen LogP contribution in [0.1, 0.15) is 348 Å². The fraction of sp³-hybridized carbons (Fsp3) is 0.806. The molecule has 7 aromatic rings. The molecule has 7 aliphatic rings. The molecule has 21 heteroatoms. The van der Waals surface area contributed by atoms with Crippen molar-refractivity contribution < 1.29 is 0 Å². The Labute approximate surface area is 796 Å². The molecule has 0 N–H and O–H groups in total. The number of hydrogen-bond acceptors (Lipinski definition) is 14. The number of imidazole rings is 7. The highest BCUT2D eigenvalue weighted by Gasteiger charge is 2.35. The Bertz CT molecular complexity index is 3550. The molecule has 0 spiro atoms. The molecule has 7 saturated heterocycles. The van der Waals surface area contributed by atoms with E-state index in [-0.39, 0.29) is 52.0 Å². The summed E-state index contributed by atoms with van der Waals surface area (Å²) in [6.07, 6.45) is 50.9. The van der Waals surface area contributed by atoms with Crippen LogP contribution < -0.4 is 0 Å². The summed E-state index contributed by atoms with van der Waals surface area (Å²) in [5.74, 6) is 5.42. The van der Waals surface area contributed by atoms with Crippen LogP contribution in [-0.4, -0.2) is 232 Å². The quantitative estimate of drug-likeness (QED) is 0.0851. The first kappa shape index (κ1) is 121. The number of piperidine rings is 7. The molecule has 0 bridgehead atoms. The Hall–Kier alpha value is -5.81. The molecule has 7 atom stereocenters. The molecule has 7 fully saturated rings. The zero-order valence-electron chi connectivity index (χ0n) is 83.4. The first-order valence-corrected chi connectivity index (χ1v) is 48.5. The van der Waals surface area contributed by atoms with Gasteiger partial charge in [-0.3, -0.25) is 34.3 Å². The van der Waals surface area contributed by atoms with Crippen LogP contribution >= 0.6 is 0 Å². The van der Waals surface area contributed by atoms with Gasteiger partial charge in [-0.25, -0.2) is 34.9 Å². The largest absolute Gasteiger partial charge is 0.337 e. The monoisotopic (exact) mass is 1800 g/mol. The topological polar surface area (TPSA) is 147 Å². The van der Waals surface area contributed by atoms with Crippen molar-refractivity contribution in [3.8, 4) is 0 Å². The van der Waals surface area contributed by atoms with E-state index in [1.807, 2.05) is 44.3 Å². The third kappa shape index (κ3) is 42.8. The lowest BCUT2D eigenvalue weighted by atomic mass is 9.93. The van der Waals surface area contributed by atoms with Crippen molar-refractivity contribution >= 4 is 0 Å². The van der Waals surface area contributed by atoms with E-state index in [1.54, 1.807) is 0 Å². The van der Waals surface area contributed by atoms with Gasteiger partial charge in [0.2, 0.25) is 0 Å². The van der Waals surface area contributed by atoms with E-state index in [1.165, 1.54) is 199 Å². The summed E-state index contributed by atoms with van der Waals surface area (Å²) in [5, 5.41) is 0. The summed E-state index contributed by atoms with van der Waals surface area (Å²) in [4.78, 5) is 48.8. The van der Waals surface area contributed by atoms with Gasteiger partial charge < -0.3 is 32.0 Å². The standard InChI is InChI=1S/3C15H27N3.4C14H25N3.7CH4/c3*1-5-14-11-17(12-16-14)9-13-7-6-8-18(10-13)15(2,3)4;4*1-12-8-16(11-15-12)9-13-6-5-7-17(10-13)14(2,3)4;;;;;;;/h3*11-13H,5-10H2,1-4H3;4*8,11,13H,5-7,9-10H2,1-4H3;7*1H4/t7*13-;;;;;;;/m1101100......./s1.